The van der Waals surface area contributed by atoms with E-state index in [2.05, 4.69) is 0 Å². The molecule has 144 valence electrons. The average Bonchev–Trinajstić information content (AvgIpc) is 2.61. The molecule has 1 amide bonds. The number of esters is 1. The maximum absolute atomic E-state index is 12.9. The molecule has 1 aliphatic heterocycles. The molecule has 1 fully saturated rings. The highest BCUT2D eigenvalue weighted by atomic mass is 32.2. The number of hydrogen-bond acceptors (Lipinski definition) is 5. The maximum Gasteiger partial charge on any atom is 0.338 e. The van der Waals surface area contributed by atoms with Gasteiger partial charge in [0.1, 0.15) is 0 Å². The fourth-order valence-corrected chi connectivity index (χ4v) is 4.74. The van der Waals surface area contributed by atoms with Gasteiger partial charge in [-0.1, -0.05) is 12.5 Å². The van der Waals surface area contributed by atoms with Crippen molar-refractivity contribution in [3.63, 3.8) is 0 Å². The van der Waals surface area contributed by atoms with Crippen LogP contribution in [0.25, 0.3) is 0 Å². The van der Waals surface area contributed by atoms with Gasteiger partial charge in [0.05, 0.1) is 10.5 Å². The molecule has 2 rings (SSSR count). The summed E-state index contributed by atoms with van der Waals surface area (Å²) in [7, 11) is -0.537. The normalized spacial score (nSPS) is 19.6. The summed E-state index contributed by atoms with van der Waals surface area (Å²) < 4.78 is 32.5. The Kier molecular flexibility index (Phi) is 6.41. The predicted octanol–water partition coefficient (Wildman–Crippen LogP) is 1.88. The first-order valence-electron chi connectivity index (χ1n) is 8.68. The average molecular weight is 382 g/mol. The molecule has 0 spiro atoms. The van der Waals surface area contributed by atoms with Crippen LogP contribution >= 0.6 is 0 Å². The predicted molar refractivity (Wildman–Crippen MR) is 97.2 cm³/mol. The van der Waals surface area contributed by atoms with Crippen LogP contribution < -0.4 is 0 Å². The highest BCUT2D eigenvalue weighted by Crippen LogP contribution is 2.25. The number of nitrogens with zero attached hydrogens (tertiary/aromatic N) is 2. The van der Waals surface area contributed by atoms with Crippen molar-refractivity contribution in [3.8, 4) is 0 Å². The zero-order valence-corrected chi connectivity index (χ0v) is 16.5. The third-order valence-corrected chi connectivity index (χ3v) is 6.50. The number of carbonyl (C=O) groups excluding carboxylic acids is 2. The third kappa shape index (κ3) is 4.42. The molecule has 0 N–H and O–H groups in total. The van der Waals surface area contributed by atoms with Gasteiger partial charge in [0.25, 0.3) is 5.91 Å². The molecule has 2 atom stereocenters. The smallest absolute Gasteiger partial charge is 0.338 e. The fraction of sp³-hybridized carbons (Fsp3) is 0.556. The first-order chi connectivity index (χ1) is 12.1. The van der Waals surface area contributed by atoms with Crippen LogP contribution in [0.15, 0.2) is 29.2 Å². The van der Waals surface area contributed by atoms with Gasteiger partial charge in [-0.3, -0.25) is 4.79 Å². The van der Waals surface area contributed by atoms with E-state index >= 15 is 0 Å². The van der Waals surface area contributed by atoms with E-state index in [1.807, 2.05) is 6.92 Å². The molecule has 1 aromatic carbocycles. The first-order valence-corrected chi connectivity index (χ1v) is 10.1. The Labute approximate surface area is 155 Å². The maximum atomic E-state index is 12.9. The Hall–Kier alpha value is -1.93. The van der Waals surface area contributed by atoms with E-state index < -0.39 is 22.1 Å². The molecule has 0 aliphatic carbocycles. The van der Waals surface area contributed by atoms with Gasteiger partial charge in [-0.25, -0.2) is 13.2 Å². The van der Waals surface area contributed by atoms with Crippen molar-refractivity contribution in [3.05, 3.63) is 29.8 Å². The standard InChI is InChI=1S/C18H26N2O5S/c1-13-8-5-6-11-20(13)26(23,24)16-10-7-9-15(12-16)18(22)25-14(2)17(21)19(3)4/h7,9-10,12-14H,5-6,8,11H2,1-4H3/t13-,14-/m0/s1. The van der Waals surface area contributed by atoms with E-state index in [1.165, 1.54) is 40.4 Å². The lowest BCUT2D eigenvalue weighted by Gasteiger charge is -2.32. The summed E-state index contributed by atoms with van der Waals surface area (Å²) in [5.74, 6) is -1.07. The summed E-state index contributed by atoms with van der Waals surface area (Å²) in [6, 6.07) is 5.71. The van der Waals surface area contributed by atoms with Gasteiger partial charge < -0.3 is 9.64 Å². The van der Waals surface area contributed by atoms with Crippen LogP contribution in [0.1, 0.15) is 43.5 Å². The molecule has 7 nitrogen and oxygen atoms in total. The topological polar surface area (TPSA) is 84.0 Å². The molecule has 0 radical (unpaired) electrons. The summed E-state index contributed by atoms with van der Waals surface area (Å²) in [4.78, 5) is 25.5. The number of rotatable bonds is 5. The number of benzene rings is 1. The van der Waals surface area contributed by atoms with Crippen LogP contribution in [-0.2, 0) is 19.6 Å². The van der Waals surface area contributed by atoms with E-state index in [1.54, 1.807) is 14.1 Å². The number of likely N-dealkylation sites (N-methyl/N-ethyl adjacent to an activating group) is 1. The molecule has 0 saturated carbocycles. The fourth-order valence-electron chi connectivity index (χ4n) is 2.99. The first kappa shape index (κ1) is 20.4. The van der Waals surface area contributed by atoms with Crippen molar-refractivity contribution >= 4 is 21.9 Å². The van der Waals surface area contributed by atoms with E-state index in [4.69, 9.17) is 4.74 Å². The van der Waals surface area contributed by atoms with Gasteiger partial charge in [-0.05, 0) is 44.9 Å². The minimum absolute atomic E-state index is 0.0623. The lowest BCUT2D eigenvalue weighted by atomic mass is 10.1. The zero-order chi connectivity index (χ0) is 19.5. The number of sulfonamides is 1. The van der Waals surface area contributed by atoms with Gasteiger partial charge in [0.15, 0.2) is 6.10 Å². The molecule has 1 saturated heterocycles. The Morgan fingerprint density at radius 3 is 2.58 bits per heavy atom. The molecule has 0 bridgehead atoms. The van der Waals surface area contributed by atoms with Crippen LogP contribution in [0.5, 0.6) is 0 Å². The van der Waals surface area contributed by atoms with Crippen LogP contribution in [0.4, 0.5) is 0 Å². The molecular weight excluding hydrogens is 356 g/mol. The summed E-state index contributed by atoms with van der Waals surface area (Å²) in [5, 5.41) is 0. The van der Waals surface area contributed by atoms with E-state index in [9.17, 15) is 18.0 Å². The van der Waals surface area contributed by atoms with Gasteiger partial charge in [0.2, 0.25) is 10.0 Å². The summed E-state index contributed by atoms with van der Waals surface area (Å²) in [6.45, 7) is 3.85. The Morgan fingerprint density at radius 2 is 1.96 bits per heavy atom. The summed E-state index contributed by atoms with van der Waals surface area (Å²) >= 11 is 0. The van der Waals surface area contributed by atoms with Crippen molar-refractivity contribution in [2.45, 2.75) is 50.2 Å². The largest absolute Gasteiger partial charge is 0.449 e. The quantitative estimate of drug-likeness (QED) is 0.726. The number of hydrogen-bond donors (Lipinski definition) is 0. The lowest BCUT2D eigenvalue weighted by molar-refractivity contribution is -0.137. The van der Waals surface area contributed by atoms with E-state index in [0.29, 0.717) is 6.54 Å². The molecule has 0 unspecified atom stereocenters. The molecule has 8 heteroatoms. The molecule has 26 heavy (non-hydrogen) atoms. The molecule has 1 aromatic rings. The lowest BCUT2D eigenvalue weighted by Crippen LogP contribution is -2.41. The monoisotopic (exact) mass is 382 g/mol. The SMILES string of the molecule is C[C@H](OC(=O)c1cccc(S(=O)(=O)N2CCCC[C@@H]2C)c1)C(=O)N(C)C. The minimum Gasteiger partial charge on any atom is -0.449 e. The van der Waals surface area contributed by atoms with Crippen molar-refractivity contribution in [2.75, 3.05) is 20.6 Å². The Bertz CT molecular complexity index is 776. The van der Waals surface area contributed by atoms with Crippen LogP contribution in [-0.4, -0.2) is 62.3 Å². The van der Waals surface area contributed by atoms with Crippen molar-refractivity contribution in [1.29, 1.82) is 0 Å². The second-order valence-corrected chi connectivity index (χ2v) is 8.66. The molecule has 1 aliphatic rings. The number of piperidine rings is 1. The summed E-state index contributed by atoms with van der Waals surface area (Å²) in [5.41, 5.74) is 0.106. The van der Waals surface area contributed by atoms with Crippen LogP contribution in [0.2, 0.25) is 0 Å². The number of amides is 1. The highest BCUT2D eigenvalue weighted by molar-refractivity contribution is 7.89. The van der Waals surface area contributed by atoms with Crippen LogP contribution in [0.3, 0.4) is 0 Å². The summed E-state index contributed by atoms with van der Waals surface area (Å²) in [6.07, 6.45) is 1.72. The Balaban J connectivity index is 2.21. The van der Waals surface area contributed by atoms with Gasteiger partial charge in [-0.2, -0.15) is 4.31 Å². The number of carbonyl (C=O) groups is 2. The van der Waals surface area contributed by atoms with Gasteiger partial charge >= 0.3 is 5.97 Å². The zero-order valence-electron chi connectivity index (χ0n) is 15.6. The minimum atomic E-state index is -3.68. The van der Waals surface area contributed by atoms with Gasteiger partial charge in [-0.15, -0.1) is 0 Å². The second kappa shape index (κ2) is 8.18. The van der Waals surface area contributed by atoms with E-state index in [-0.39, 0.29) is 22.4 Å². The molecular formula is C18H26N2O5S. The molecule has 1 heterocycles. The Morgan fingerprint density at radius 1 is 1.27 bits per heavy atom. The third-order valence-electron chi connectivity index (χ3n) is 4.49. The highest BCUT2D eigenvalue weighted by Gasteiger charge is 2.31. The second-order valence-electron chi connectivity index (χ2n) is 6.77. The van der Waals surface area contributed by atoms with Crippen molar-refractivity contribution < 1.29 is 22.7 Å². The molecule has 0 aromatic heterocycles. The van der Waals surface area contributed by atoms with Crippen molar-refractivity contribution in [2.24, 2.45) is 0 Å². The van der Waals surface area contributed by atoms with Crippen LogP contribution in [0, 0.1) is 0 Å². The van der Waals surface area contributed by atoms with E-state index in [0.717, 1.165) is 19.3 Å². The van der Waals surface area contributed by atoms with Gasteiger partial charge in [0, 0.05) is 26.7 Å². The van der Waals surface area contributed by atoms with Crippen molar-refractivity contribution in [1.82, 2.24) is 9.21 Å². The number of ether oxygens (including phenoxy) is 1.